The molecule has 4 aliphatic heterocycles. The summed E-state index contributed by atoms with van der Waals surface area (Å²) < 4.78 is 32.4. The van der Waals surface area contributed by atoms with Gasteiger partial charge in [-0.2, -0.15) is 0 Å². The van der Waals surface area contributed by atoms with Crippen molar-refractivity contribution in [2.75, 3.05) is 46.5 Å². The van der Waals surface area contributed by atoms with Crippen LogP contribution in [-0.2, 0) is 53.6 Å². The maximum atomic E-state index is 12.2. The number of ether oxygens (including phenoxy) is 5. The lowest BCUT2D eigenvalue weighted by Crippen LogP contribution is -2.32. The largest absolute Gasteiger partial charge is 0.486 e. The van der Waals surface area contributed by atoms with Crippen LogP contribution in [0.1, 0.15) is 68.0 Å². The van der Waals surface area contributed by atoms with Crippen molar-refractivity contribution >= 4 is 91.6 Å². The SMILES string of the molecule is COC(=O)c1ccc2nc(CN3CC=C(c4cccc(COc5ccc(Cl)cc5Cl)n4)C3)n(C[C@@H]3CCO3)c2c1.O=C(O)c1ccc2nc(CN3CC=C(c4cccc(COc5ccc(Cl)cc5Cl)n4)C3)n(C[C@@H]3CCO3)c2c1. The van der Waals surface area contributed by atoms with Gasteiger partial charge in [0.05, 0.1) is 112 Å². The molecule has 0 saturated carbocycles. The maximum Gasteiger partial charge on any atom is 0.337 e. The average molecular weight is 1140 g/mol. The Morgan fingerprint density at radius 2 is 1.08 bits per heavy atom. The number of halogens is 4. The Kier molecular flexibility index (Phi) is 16.6. The predicted octanol–water partition coefficient (Wildman–Crippen LogP) is 11.5. The maximum absolute atomic E-state index is 12.2. The van der Waals surface area contributed by atoms with Crippen LogP contribution < -0.4 is 9.47 Å². The molecule has 4 aliphatic rings. The van der Waals surface area contributed by atoms with E-state index in [2.05, 4.69) is 31.1 Å². The summed E-state index contributed by atoms with van der Waals surface area (Å²) in [6.45, 7) is 7.80. The molecule has 8 aromatic rings. The van der Waals surface area contributed by atoms with Gasteiger partial charge in [-0.15, -0.1) is 0 Å². The van der Waals surface area contributed by atoms with Crippen molar-refractivity contribution in [2.45, 2.75) is 64.4 Å². The minimum absolute atomic E-state index is 0.124. The topological polar surface area (TPSA) is 168 Å². The van der Waals surface area contributed by atoms with E-state index in [0.29, 0.717) is 69.9 Å². The molecular formula is C59H54Cl4N8O8. The molecule has 0 unspecified atom stereocenters. The van der Waals surface area contributed by atoms with E-state index >= 15 is 0 Å². The molecular weight excluding hydrogens is 1090 g/mol. The number of aromatic carboxylic acids is 1. The van der Waals surface area contributed by atoms with E-state index in [4.69, 9.17) is 90.0 Å². The number of hydrogen-bond donors (Lipinski definition) is 1. The second kappa shape index (κ2) is 24.2. The summed E-state index contributed by atoms with van der Waals surface area (Å²) in [5, 5.41) is 11.5. The third-order valence-electron chi connectivity index (χ3n) is 14.2. The fourth-order valence-corrected chi connectivity index (χ4v) is 10.8. The first kappa shape index (κ1) is 54.1. The van der Waals surface area contributed by atoms with E-state index in [0.717, 1.165) is 120 Å². The third-order valence-corrected chi connectivity index (χ3v) is 15.3. The summed E-state index contributed by atoms with van der Waals surface area (Å²) >= 11 is 24.4. The molecule has 8 heterocycles. The van der Waals surface area contributed by atoms with Crippen LogP contribution in [0.25, 0.3) is 33.2 Å². The van der Waals surface area contributed by atoms with E-state index < -0.39 is 5.97 Å². The lowest BCUT2D eigenvalue weighted by Gasteiger charge is -2.28. The summed E-state index contributed by atoms with van der Waals surface area (Å²) in [5.41, 5.74) is 9.87. The van der Waals surface area contributed by atoms with Crippen molar-refractivity contribution in [3.8, 4) is 11.5 Å². The highest BCUT2D eigenvalue weighted by atomic mass is 35.5. The van der Waals surface area contributed by atoms with Crippen LogP contribution in [0, 0.1) is 0 Å². The van der Waals surface area contributed by atoms with Gasteiger partial charge in [0.15, 0.2) is 0 Å². The molecule has 4 aromatic carbocycles. The number of carbonyl (C=O) groups excluding carboxylic acids is 1. The summed E-state index contributed by atoms with van der Waals surface area (Å²) in [5.74, 6) is 1.66. The second-order valence-electron chi connectivity index (χ2n) is 19.6. The van der Waals surface area contributed by atoms with Gasteiger partial charge >= 0.3 is 11.9 Å². The van der Waals surface area contributed by atoms with Crippen molar-refractivity contribution in [3.63, 3.8) is 0 Å². The standard InChI is InChI=1S/C30H28Cl2N4O4.C29H26Cl2N4O4/c1-38-30(37)19-5-7-26-27(13-19)36(16-23-10-12-39-23)29(34-26)17-35-11-9-20(15-35)25-4-2-3-22(33-25)18-40-28-8-6-21(31)14-24(28)32;30-20-5-7-27(23(31)13-20)39-17-21-2-1-3-24(32-21)19-8-10-34(14-19)16-28-33-25-6-4-18(29(36)37)12-26(25)35(28)15-22-9-11-38-22/h2-9,13-14,23H,10-12,15-18H2,1H3;1-8,12-13,22H,9-11,14-17H2,(H,36,37)/t23-;22-/m00/s1. The Morgan fingerprint density at radius 1 is 0.608 bits per heavy atom. The van der Waals surface area contributed by atoms with Crippen LogP contribution in [0.15, 0.2) is 121 Å². The molecule has 16 nitrogen and oxygen atoms in total. The van der Waals surface area contributed by atoms with Gasteiger partial charge in [-0.3, -0.25) is 9.80 Å². The highest BCUT2D eigenvalue weighted by Gasteiger charge is 2.27. The highest BCUT2D eigenvalue weighted by Crippen LogP contribution is 2.32. The van der Waals surface area contributed by atoms with E-state index in [1.165, 1.54) is 7.11 Å². The number of methoxy groups -OCH3 is 1. The Morgan fingerprint density at radius 3 is 1.51 bits per heavy atom. The van der Waals surface area contributed by atoms with Crippen LogP contribution in [-0.4, -0.2) is 115 Å². The van der Waals surface area contributed by atoms with E-state index in [-0.39, 0.29) is 30.3 Å². The minimum Gasteiger partial charge on any atom is -0.486 e. The first-order valence-electron chi connectivity index (χ1n) is 25.8. The van der Waals surface area contributed by atoms with Crippen LogP contribution >= 0.6 is 46.4 Å². The Balaban J connectivity index is 0.000000167. The summed E-state index contributed by atoms with van der Waals surface area (Å²) in [4.78, 5) is 47.8. The molecule has 2 saturated heterocycles. The molecule has 12 rings (SSSR count). The van der Waals surface area contributed by atoms with Crippen LogP contribution in [0.5, 0.6) is 11.5 Å². The number of pyridine rings is 2. The summed E-state index contributed by atoms with van der Waals surface area (Å²) in [7, 11) is 1.39. The van der Waals surface area contributed by atoms with Gasteiger partial charge < -0.3 is 37.9 Å². The van der Waals surface area contributed by atoms with Gasteiger partial charge in [-0.05, 0) is 121 Å². The molecule has 0 aliphatic carbocycles. The first-order chi connectivity index (χ1) is 38.4. The molecule has 20 heteroatoms. The van der Waals surface area contributed by atoms with Gasteiger partial charge in [0.1, 0.15) is 36.4 Å². The molecule has 406 valence electrons. The number of esters is 1. The number of carboxylic acids is 1. The molecule has 0 amide bonds. The lowest BCUT2D eigenvalue weighted by atomic mass is 10.1. The van der Waals surface area contributed by atoms with Crippen molar-refractivity contribution in [1.82, 2.24) is 38.9 Å². The van der Waals surface area contributed by atoms with Gasteiger partial charge in [0, 0.05) is 49.4 Å². The number of carboxylic acid groups (broad SMARTS) is 1. The van der Waals surface area contributed by atoms with E-state index in [9.17, 15) is 14.7 Å². The number of imidazole rings is 2. The zero-order chi connectivity index (χ0) is 54.6. The van der Waals surface area contributed by atoms with E-state index in [1.54, 1.807) is 60.7 Å². The van der Waals surface area contributed by atoms with Gasteiger partial charge in [0.25, 0.3) is 0 Å². The number of aromatic nitrogens is 6. The van der Waals surface area contributed by atoms with Crippen molar-refractivity contribution < 1.29 is 38.4 Å². The van der Waals surface area contributed by atoms with Crippen molar-refractivity contribution in [2.24, 2.45) is 0 Å². The lowest BCUT2D eigenvalue weighted by molar-refractivity contribution is -0.0592. The molecule has 0 bridgehead atoms. The van der Waals surface area contributed by atoms with E-state index in [1.807, 2.05) is 48.5 Å². The number of benzene rings is 4. The quantitative estimate of drug-likeness (QED) is 0.0806. The molecule has 2 atom stereocenters. The zero-order valence-corrected chi connectivity index (χ0v) is 46.0. The Labute approximate surface area is 475 Å². The number of nitrogens with zero attached hydrogens (tertiary/aromatic N) is 8. The minimum atomic E-state index is -0.948. The van der Waals surface area contributed by atoms with Crippen molar-refractivity contribution in [3.05, 3.63) is 187 Å². The van der Waals surface area contributed by atoms with Gasteiger partial charge in [-0.25, -0.2) is 29.5 Å². The fourth-order valence-electron chi connectivity index (χ4n) is 9.83. The second-order valence-corrected chi connectivity index (χ2v) is 21.3. The Bertz CT molecular complexity index is 3650. The summed E-state index contributed by atoms with van der Waals surface area (Å²) in [6, 6.07) is 32.7. The fraction of sp³-hybridized carbons (Fsp3) is 0.288. The molecule has 0 radical (unpaired) electrons. The van der Waals surface area contributed by atoms with Gasteiger partial charge in [0.2, 0.25) is 0 Å². The summed E-state index contributed by atoms with van der Waals surface area (Å²) in [6.07, 6.45) is 6.68. The number of fused-ring (bicyclic) bond motifs is 2. The number of hydrogen-bond acceptors (Lipinski definition) is 13. The third kappa shape index (κ3) is 12.8. The van der Waals surface area contributed by atoms with Crippen LogP contribution in [0.3, 0.4) is 0 Å². The average Bonchev–Trinajstić information content (AvgIpc) is 4.25. The monoisotopic (exact) mass is 1140 g/mol. The van der Waals surface area contributed by atoms with Crippen LogP contribution in [0.2, 0.25) is 20.1 Å². The smallest absolute Gasteiger partial charge is 0.337 e. The molecule has 2 fully saturated rings. The molecule has 79 heavy (non-hydrogen) atoms. The number of rotatable bonds is 18. The first-order valence-corrected chi connectivity index (χ1v) is 27.3. The zero-order valence-electron chi connectivity index (χ0n) is 43.0. The van der Waals surface area contributed by atoms with Crippen LogP contribution in [0.4, 0.5) is 0 Å². The highest BCUT2D eigenvalue weighted by molar-refractivity contribution is 6.36. The Hall–Kier alpha value is -6.86. The van der Waals surface area contributed by atoms with Gasteiger partial charge in [-0.1, -0.05) is 70.7 Å². The molecule has 4 aromatic heterocycles. The predicted molar refractivity (Wildman–Crippen MR) is 303 cm³/mol. The normalized spacial score (nSPS) is 17.2. The molecule has 1 N–H and O–H groups in total. The number of carbonyl (C=O) groups is 2. The van der Waals surface area contributed by atoms with Crippen molar-refractivity contribution in [1.29, 1.82) is 0 Å². The molecule has 0 spiro atoms.